The fraction of sp³-hybridized carbons (Fsp3) is 0.417. The number of hydrogen-bond donors (Lipinski definition) is 0. The van der Waals surface area contributed by atoms with Crippen LogP contribution < -0.4 is 10.3 Å². The van der Waals surface area contributed by atoms with Gasteiger partial charge >= 0.3 is 0 Å². The van der Waals surface area contributed by atoms with Crippen molar-refractivity contribution >= 4 is 0 Å². The van der Waals surface area contributed by atoms with E-state index in [4.69, 9.17) is 9.72 Å². The van der Waals surface area contributed by atoms with Gasteiger partial charge in [0.25, 0.3) is 5.56 Å². The Morgan fingerprint density at radius 3 is 2.90 bits per heavy atom. The van der Waals surface area contributed by atoms with Gasteiger partial charge in [0.15, 0.2) is 0 Å². The van der Waals surface area contributed by atoms with E-state index in [-0.39, 0.29) is 5.56 Å². The Morgan fingerprint density at radius 1 is 1.20 bits per heavy atom. The molecule has 2 aliphatic rings. The molecule has 0 N–H and O–H groups in total. The van der Waals surface area contributed by atoms with Crippen LogP contribution >= 0.6 is 0 Å². The van der Waals surface area contributed by atoms with Crippen molar-refractivity contribution in [1.82, 2.24) is 19.5 Å². The SMILES string of the molecule is Cc1ncc(-c2ccn(C)c(=O)c2)c(OCC2C(C)C2c2ccc3c(n2)CCC3)n1. The van der Waals surface area contributed by atoms with Gasteiger partial charge in [0.1, 0.15) is 5.82 Å². The molecule has 0 saturated heterocycles. The number of hydrogen-bond acceptors (Lipinski definition) is 5. The molecule has 0 amide bonds. The molecule has 0 aromatic carbocycles. The third kappa shape index (κ3) is 3.40. The van der Waals surface area contributed by atoms with Crippen LogP contribution in [0.4, 0.5) is 0 Å². The van der Waals surface area contributed by atoms with Crippen molar-refractivity contribution in [3.8, 4) is 17.0 Å². The zero-order valence-electron chi connectivity index (χ0n) is 17.6. The summed E-state index contributed by atoms with van der Waals surface area (Å²) in [4.78, 5) is 25.8. The fourth-order valence-electron chi connectivity index (χ4n) is 4.56. The summed E-state index contributed by atoms with van der Waals surface area (Å²) in [5.74, 6) is 2.58. The van der Waals surface area contributed by atoms with Gasteiger partial charge in [-0.15, -0.1) is 0 Å². The molecule has 0 aliphatic heterocycles. The third-order valence-electron chi connectivity index (χ3n) is 6.56. The first kappa shape index (κ1) is 19.0. The highest BCUT2D eigenvalue weighted by molar-refractivity contribution is 5.67. The van der Waals surface area contributed by atoms with Gasteiger partial charge in [0.05, 0.1) is 12.2 Å². The smallest absolute Gasteiger partial charge is 0.250 e. The van der Waals surface area contributed by atoms with Crippen molar-refractivity contribution < 1.29 is 4.74 Å². The maximum atomic E-state index is 12.1. The number of aryl methyl sites for hydroxylation is 4. The van der Waals surface area contributed by atoms with Crippen molar-refractivity contribution in [3.05, 3.63) is 69.8 Å². The van der Waals surface area contributed by atoms with Crippen LogP contribution in [0.2, 0.25) is 0 Å². The quantitative estimate of drug-likeness (QED) is 0.654. The normalized spacial score (nSPS) is 22.0. The van der Waals surface area contributed by atoms with E-state index in [2.05, 4.69) is 29.0 Å². The van der Waals surface area contributed by atoms with Crippen molar-refractivity contribution in [3.63, 3.8) is 0 Å². The second kappa shape index (κ2) is 7.35. The maximum Gasteiger partial charge on any atom is 0.250 e. The van der Waals surface area contributed by atoms with Gasteiger partial charge in [-0.1, -0.05) is 13.0 Å². The molecule has 30 heavy (non-hydrogen) atoms. The van der Waals surface area contributed by atoms with E-state index in [1.165, 1.54) is 23.4 Å². The highest BCUT2D eigenvalue weighted by Gasteiger charge is 2.49. The molecule has 3 aromatic rings. The summed E-state index contributed by atoms with van der Waals surface area (Å²) in [5, 5.41) is 0. The molecule has 3 unspecified atom stereocenters. The molecule has 0 spiro atoms. The Kier molecular flexibility index (Phi) is 4.65. The Morgan fingerprint density at radius 2 is 2.07 bits per heavy atom. The number of nitrogens with zero attached hydrogens (tertiary/aromatic N) is 4. The first-order valence-electron chi connectivity index (χ1n) is 10.6. The standard InChI is InChI=1S/C24H26N4O2/c1-14-19(23(14)21-8-7-16-5-4-6-20(16)27-21)13-30-24-18(12-25-15(2)26-24)17-9-10-28(3)22(29)11-17/h7-12,14,19,23H,4-6,13H2,1-3H3. The molecule has 1 fully saturated rings. The van der Waals surface area contributed by atoms with Crippen LogP contribution in [0.15, 0.2) is 41.5 Å². The molecule has 154 valence electrons. The fourth-order valence-corrected chi connectivity index (χ4v) is 4.56. The van der Waals surface area contributed by atoms with Crippen molar-refractivity contribution in [2.45, 2.75) is 39.0 Å². The van der Waals surface area contributed by atoms with Crippen molar-refractivity contribution in [2.24, 2.45) is 18.9 Å². The lowest BCUT2D eigenvalue weighted by Gasteiger charge is -2.11. The maximum absolute atomic E-state index is 12.1. The summed E-state index contributed by atoms with van der Waals surface area (Å²) in [7, 11) is 1.73. The average molecular weight is 402 g/mol. The molecule has 3 heterocycles. The lowest BCUT2D eigenvalue weighted by atomic mass is 10.1. The highest BCUT2D eigenvalue weighted by Crippen LogP contribution is 2.53. The summed E-state index contributed by atoms with van der Waals surface area (Å²) in [6.45, 7) is 4.69. The van der Waals surface area contributed by atoms with Crippen LogP contribution in [0.5, 0.6) is 5.88 Å². The van der Waals surface area contributed by atoms with Crippen molar-refractivity contribution in [1.29, 1.82) is 0 Å². The molecule has 6 heteroatoms. The molecule has 2 aliphatic carbocycles. The minimum Gasteiger partial charge on any atom is -0.477 e. The molecule has 3 atom stereocenters. The zero-order chi connectivity index (χ0) is 20.8. The van der Waals surface area contributed by atoms with Crippen LogP contribution in [0.25, 0.3) is 11.1 Å². The monoisotopic (exact) mass is 402 g/mol. The lowest BCUT2D eigenvalue weighted by molar-refractivity contribution is 0.280. The number of pyridine rings is 2. The van der Waals surface area contributed by atoms with E-state index in [0.29, 0.717) is 36.1 Å². The second-order valence-corrected chi connectivity index (χ2v) is 8.56. The molecule has 6 nitrogen and oxygen atoms in total. The Balaban J connectivity index is 1.35. The minimum absolute atomic E-state index is 0.0717. The molecule has 0 radical (unpaired) electrons. The van der Waals surface area contributed by atoms with E-state index < -0.39 is 0 Å². The van der Waals surface area contributed by atoms with Crippen molar-refractivity contribution in [2.75, 3.05) is 6.61 Å². The van der Waals surface area contributed by atoms with E-state index >= 15 is 0 Å². The molecule has 1 saturated carbocycles. The van der Waals surface area contributed by atoms with Gasteiger partial charge < -0.3 is 9.30 Å². The van der Waals surface area contributed by atoms with E-state index in [9.17, 15) is 4.79 Å². The largest absolute Gasteiger partial charge is 0.477 e. The van der Waals surface area contributed by atoms with Gasteiger partial charge in [-0.2, -0.15) is 4.98 Å². The minimum atomic E-state index is -0.0717. The van der Waals surface area contributed by atoms with Gasteiger partial charge in [-0.3, -0.25) is 9.78 Å². The number of rotatable bonds is 5. The first-order chi connectivity index (χ1) is 14.5. The Hall–Kier alpha value is -3.02. The molecular formula is C24H26N4O2. The molecule has 3 aromatic heterocycles. The van der Waals surface area contributed by atoms with E-state index in [0.717, 1.165) is 24.0 Å². The van der Waals surface area contributed by atoms with Crippen LogP contribution in [0.1, 0.15) is 42.0 Å². The van der Waals surface area contributed by atoms with E-state index in [1.54, 1.807) is 30.1 Å². The van der Waals surface area contributed by atoms with Gasteiger partial charge in [0.2, 0.25) is 5.88 Å². The molecular weight excluding hydrogens is 376 g/mol. The highest BCUT2D eigenvalue weighted by atomic mass is 16.5. The lowest BCUT2D eigenvalue weighted by Crippen LogP contribution is -2.14. The van der Waals surface area contributed by atoms with Crippen LogP contribution in [-0.4, -0.2) is 26.1 Å². The predicted molar refractivity (Wildman–Crippen MR) is 115 cm³/mol. The first-order valence-corrected chi connectivity index (χ1v) is 10.6. The Labute approximate surface area is 176 Å². The number of fused-ring (bicyclic) bond motifs is 1. The van der Waals surface area contributed by atoms with Crippen LogP contribution in [0.3, 0.4) is 0 Å². The van der Waals surface area contributed by atoms with Gasteiger partial charge in [-0.05, 0) is 55.4 Å². The summed E-state index contributed by atoms with van der Waals surface area (Å²) < 4.78 is 7.73. The zero-order valence-corrected chi connectivity index (χ0v) is 17.6. The topological polar surface area (TPSA) is 69.9 Å². The third-order valence-corrected chi connectivity index (χ3v) is 6.56. The average Bonchev–Trinajstić information content (AvgIpc) is 3.15. The molecule has 0 bridgehead atoms. The van der Waals surface area contributed by atoms with Gasteiger partial charge in [0, 0.05) is 48.7 Å². The predicted octanol–water partition coefficient (Wildman–Crippen LogP) is 3.46. The van der Waals surface area contributed by atoms with E-state index in [1.807, 2.05) is 13.0 Å². The summed E-state index contributed by atoms with van der Waals surface area (Å²) >= 11 is 0. The summed E-state index contributed by atoms with van der Waals surface area (Å²) in [5.41, 5.74) is 5.34. The Bertz CT molecular complexity index is 1170. The van der Waals surface area contributed by atoms with Crippen LogP contribution in [-0.2, 0) is 19.9 Å². The summed E-state index contributed by atoms with van der Waals surface area (Å²) in [6.07, 6.45) is 6.97. The second-order valence-electron chi connectivity index (χ2n) is 8.56. The number of aromatic nitrogens is 4. The molecule has 5 rings (SSSR count). The van der Waals surface area contributed by atoms with Gasteiger partial charge in [-0.25, -0.2) is 4.98 Å². The van der Waals surface area contributed by atoms with Crippen LogP contribution in [0, 0.1) is 18.8 Å². The summed E-state index contributed by atoms with van der Waals surface area (Å²) in [6, 6.07) is 7.94. The number of ether oxygens (including phenoxy) is 1.